The molecule has 1 amide bonds. The van der Waals surface area contributed by atoms with Crippen LogP contribution in [0.5, 0.6) is 0 Å². The number of aliphatic hydroxyl groups is 1. The Morgan fingerprint density at radius 3 is 1.36 bits per heavy atom. The molecule has 0 fully saturated rings. The molecule has 0 aromatic rings. The van der Waals surface area contributed by atoms with Gasteiger partial charge < -0.3 is 28.8 Å². The number of phosphoric ester groups is 1. The number of carbonyl (C=O) groups excluding carboxylic acids is 1. The van der Waals surface area contributed by atoms with Crippen molar-refractivity contribution in [2.75, 3.05) is 40.9 Å². The second kappa shape index (κ2) is 48.4. The maximum absolute atomic E-state index is 12.8. The third-order valence-electron chi connectivity index (χ3n) is 11.5. The van der Waals surface area contributed by atoms with E-state index in [1.165, 1.54) is 135 Å². The van der Waals surface area contributed by atoms with Crippen molar-refractivity contribution in [3.63, 3.8) is 0 Å². The van der Waals surface area contributed by atoms with Crippen LogP contribution in [-0.2, 0) is 18.4 Å². The van der Waals surface area contributed by atoms with Crippen LogP contribution in [0.15, 0.2) is 97.2 Å². The van der Waals surface area contributed by atoms with Gasteiger partial charge in [-0.1, -0.05) is 233 Å². The molecule has 2 N–H and O–H groups in total. The topological polar surface area (TPSA) is 108 Å². The van der Waals surface area contributed by atoms with Gasteiger partial charge in [0.15, 0.2) is 0 Å². The molecule has 0 spiro atoms. The number of unbranched alkanes of at least 4 members (excludes halogenated alkanes) is 22. The van der Waals surface area contributed by atoms with Gasteiger partial charge in [-0.15, -0.1) is 0 Å². The molecule has 386 valence electrons. The minimum Gasteiger partial charge on any atom is -0.756 e. The molecular formula is C58H103N2O6P. The van der Waals surface area contributed by atoms with Gasteiger partial charge in [0.05, 0.1) is 39.9 Å². The highest BCUT2D eigenvalue weighted by Crippen LogP contribution is 2.38. The second-order valence-electron chi connectivity index (χ2n) is 19.2. The fourth-order valence-corrected chi connectivity index (χ4v) is 8.03. The van der Waals surface area contributed by atoms with E-state index in [1.807, 2.05) is 33.3 Å². The van der Waals surface area contributed by atoms with E-state index in [0.717, 1.165) is 44.9 Å². The predicted molar refractivity (Wildman–Crippen MR) is 288 cm³/mol. The van der Waals surface area contributed by atoms with Crippen molar-refractivity contribution in [3.8, 4) is 0 Å². The molecule has 0 aliphatic heterocycles. The number of carbonyl (C=O) groups is 1. The Labute approximate surface area is 413 Å². The van der Waals surface area contributed by atoms with Gasteiger partial charge in [-0.3, -0.25) is 9.36 Å². The van der Waals surface area contributed by atoms with Gasteiger partial charge in [0.2, 0.25) is 5.91 Å². The zero-order valence-electron chi connectivity index (χ0n) is 43.8. The first kappa shape index (κ1) is 64.4. The van der Waals surface area contributed by atoms with Crippen LogP contribution in [-0.4, -0.2) is 68.5 Å². The summed E-state index contributed by atoms with van der Waals surface area (Å²) in [7, 11) is 1.17. The fourth-order valence-electron chi connectivity index (χ4n) is 7.31. The smallest absolute Gasteiger partial charge is 0.268 e. The highest BCUT2D eigenvalue weighted by Gasteiger charge is 2.23. The third-order valence-corrected chi connectivity index (χ3v) is 12.5. The lowest BCUT2D eigenvalue weighted by atomic mass is 10.0. The lowest BCUT2D eigenvalue weighted by molar-refractivity contribution is -0.870. The average Bonchev–Trinajstić information content (AvgIpc) is 3.29. The predicted octanol–water partition coefficient (Wildman–Crippen LogP) is 15.6. The van der Waals surface area contributed by atoms with Crippen molar-refractivity contribution in [2.45, 2.75) is 225 Å². The van der Waals surface area contributed by atoms with E-state index in [2.05, 4.69) is 92.1 Å². The van der Waals surface area contributed by atoms with Crippen molar-refractivity contribution in [1.29, 1.82) is 0 Å². The summed E-state index contributed by atoms with van der Waals surface area (Å²) in [4.78, 5) is 25.3. The molecule has 0 aromatic carbocycles. The third kappa shape index (κ3) is 51.1. The van der Waals surface area contributed by atoms with Crippen LogP contribution >= 0.6 is 7.82 Å². The van der Waals surface area contributed by atoms with Gasteiger partial charge in [0.1, 0.15) is 13.2 Å². The van der Waals surface area contributed by atoms with Crippen molar-refractivity contribution < 1.29 is 32.9 Å². The molecular weight excluding hydrogens is 852 g/mol. The average molecular weight is 955 g/mol. The van der Waals surface area contributed by atoms with Crippen LogP contribution in [0, 0.1) is 0 Å². The summed E-state index contributed by atoms with van der Waals surface area (Å²) in [6.45, 7) is 4.42. The standard InChI is InChI=1S/C58H103N2O6P/c1-6-8-10-12-14-16-18-20-22-23-24-25-26-27-28-29-30-31-32-33-34-35-36-38-39-41-43-45-47-49-51-57(61)56(55-66-67(63,64)65-54-53-60(3,4)5)59-58(62)52-50-48-46-44-42-40-37-21-19-17-15-13-11-9-7-2/h9,11,15,17,21,35-37,41-44,48-51,56-57,61H,6-8,10,12-14,16,18-20,22-34,38-40,45-47,52-55H2,1-5H3,(H-,59,62,63,64)/b11-9-,17-15-,36-35+,37-21-,43-41+,44-42-,50-48-,51-49+. The Bertz CT molecular complexity index is 1410. The van der Waals surface area contributed by atoms with Gasteiger partial charge in [-0.05, 0) is 70.6 Å². The van der Waals surface area contributed by atoms with E-state index in [1.54, 1.807) is 12.2 Å². The molecule has 9 heteroatoms. The number of phosphoric acid groups is 1. The van der Waals surface area contributed by atoms with Gasteiger partial charge in [-0.2, -0.15) is 0 Å². The van der Waals surface area contributed by atoms with Gasteiger partial charge in [0, 0.05) is 6.42 Å². The molecule has 3 atom stereocenters. The molecule has 0 bridgehead atoms. The van der Waals surface area contributed by atoms with Crippen LogP contribution in [0.1, 0.15) is 213 Å². The highest BCUT2D eigenvalue weighted by atomic mass is 31.2. The van der Waals surface area contributed by atoms with Crippen LogP contribution in [0.25, 0.3) is 0 Å². The Balaban J connectivity index is 4.34. The van der Waals surface area contributed by atoms with Crippen molar-refractivity contribution in [1.82, 2.24) is 5.32 Å². The number of nitrogens with zero attached hydrogens (tertiary/aromatic N) is 1. The number of rotatable bonds is 48. The van der Waals surface area contributed by atoms with Crippen molar-refractivity contribution >= 4 is 13.7 Å². The van der Waals surface area contributed by atoms with Crippen LogP contribution in [0.4, 0.5) is 0 Å². The van der Waals surface area contributed by atoms with E-state index in [4.69, 9.17) is 9.05 Å². The summed E-state index contributed by atoms with van der Waals surface area (Å²) in [6.07, 6.45) is 69.7. The van der Waals surface area contributed by atoms with E-state index in [-0.39, 0.29) is 18.9 Å². The molecule has 0 radical (unpaired) electrons. The van der Waals surface area contributed by atoms with E-state index >= 15 is 0 Å². The molecule has 0 aliphatic carbocycles. The summed E-state index contributed by atoms with van der Waals surface area (Å²) in [5.41, 5.74) is 0. The summed E-state index contributed by atoms with van der Waals surface area (Å²) in [6, 6.07) is -0.971. The number of allylic oxidation sites excluding steroid dienone is 14. The van der Waals surface area contributed by atoms with E-state index in [0.29, 0.717) is 23.9 Å². The molecule has 67 heavy (non-hydrogen) atoms. The Morgan fingerprint density at radius 1 is 0.537 bits per heavy atom. The SMILES string of the molecule is CC/C=C\C/C=C\C/C=C\C/C=C\C/C=C\CC(=O)NC(COP(=O)([O-])OCC[N+](C)(C)C)C(O)/C=C/CC/C=C/CC/C=C/CCCCCCCCCCCCCCCCCCCCCC. The number of hydrogen-bond donors (Lipinski definition) is 2. The monoisotopic (exact) mass is 955 g/mol. The number of hydrogen-bond acceptors (Lipinski definition) is 6. The largest absolute Gasteiger partial charge is 0.756 e. The van der Waals surface area contributed by atoms with Gasteiger partial charge in [0.25, 0.3) is 7.82 Å². The van der Waals surface area contributed by atoms with Crippen molar-refractivity contribution in [3.05, 3.63) is 97.2 Å². The molecule has 0 saturated heterocycles. The number of nitrogens with one attached hydrogen (secondary N) is 1. The maximum Gasteiger partial charge on any atom is 0.268 e. The first-order valence-electron chi connectivity index (χ1n) is 27.1. The summed E-state index contributed by atoms with van der Waals surface area (Å²) in [5.74, 6) is -0.341. The minimum absolute atomic E-state index is 0.0305. The fraction of sp³-hybridized carbons (Fsp3) is 0.707. The summed E-state index contributed by atoms with van der Waals surface area (Å²) in [5, 5.41) is 13.7. The molecule has 3 unspecified atom stereocenters. The normalized spacial score (nSPS) is 14.8. The van der Waals surface area contributed by atoms with Gasteiger partial charge >= 0.3 is 0 Å². The zero-order chi connectivity index (χ0) is 49.2. The van der Waals surface area contributed by atoms with Crippen molar-refractivity contribution in [2.24, 2.45) is 0 Å². The van der Waals surface area contributed by atoms with Crippen LogP contribution in [0.3, 0.4) is 0 Å². The highest BCUT2D eigenvalue weighted by molar-refractivity contribution is 7.45. The maximum atomic E-state index is 12.8. The lowest BCUT2D eigenvalue weighted by Gasteiger charge is -2.29. The Kier molecular flexibility index (Phi) is 46.6. The summed E-state index contributed by atoms with van der Waals surface area (Å²) < 4.78 is 23.2. The first-order chi connectivity index (χ1) is 32.5. The number of quaternary nitrogens is 1. The molecule has 0 aliphatic rings. The molecule has 0 rings (SSSR count). The molecule has 0 heterocycles. The number of likely N-dealkylation sites (N-methyl/N-ethyl adjacent to an activating group) is 1. The Morgan fingerprint density at radius 2 is 0.925 bits per heavy atom. The molecule has 0 aromatic heterocycles. The first-order valence-corrected chi connectivity index (χ1v) is 28.6. The minimum atomic E-state index is -4.64. The van der Waals surface area contributed by atoms with Crippen LogP contribution < -0.4 is 10.2 Å². The summed E-state index contributed by atoms with van der Waals surface area (Å²) >= 11 is 0. The Hall–Kier alpha value is -2.58. The van der Waals surface area contributed by atoms with Gasteiger partial charge in [-0.25, -0.2) is 0 Å². The van der Waals surface area contributed by atoms with E-state index in [9.17, 15) is 19.4 Å². The molecule has 8 nitrogen and oxygen atoms in total. The second-order valence-corrected chi connectivity index (χ2v) is 20.6. The van der Waals surface area contributed by atoms with Crippen LogP contribution in [0.2, 0.25) is 0 Å². The van der Waals surface area contributed by atoms with E-state index < -0.39 is 26.6 Å². The lowest BCUT2D eigenvalue weighted by Crippen LogP contribution is -2.45. The molecule has 0 saturated carbocycles. The quantitative estimate of drug-likeness (QED) is 0.0272. The number of amides is 1. The zero-order valence-corrected chi connectivity index (χ0v) is 44.7. The number of aliphatic hydroxyl groups excluding tert-OH is 1.